The third kappa shape index (κ3) is 2.63. The summed E-state index contributed by atoms with van der Waals surface area (Å²) in [5, 5.41) is 2.41. The van der Waals surface area contributed by atoms with Gasteiger partial charge in [0.05, 0.1) is 5.56 Å². The summed E-state index contributed by atoms with van der Waals surface area (Å²) < 4.78 is 14.6. The van der Waals surface area contributed by atoms with Crippen LogP contribution in [0.3, 0.4) is 0 Å². The molecule has 0 bridgehead atoms. The largest absolute Gasteiger partial charge is 0.339 e. The molecule has 0 fully saturated rings. The van der Waals surface area contributed by atoms with Crippen LogP contribution in [0.4, 0.5) is 4.39 Å². The predicted octanol–water partition coefficient (Wildman–Crippen LogP) is 0.571. The summed E-state index contributed by atoms with van der Waals surface area (Å²) in [6.45, 7) is 0. The van der Waals surface area contributed by atoms with E-state index in [1.807, 2.05) is 0 Å². The van der Waals surface area contributed by atoms with Crippen molar-refractivity contribution < 1.29 is 9.18 Å². The van der Waals surface area contributed by atoms with Crippen molar-refractivity contribution in [1.82, 2.24) is 14.8 Å². The minimum Gasteiger partial charge on any atom is -0.298 e. The van der Waals surface area contributed by atoms with Crippen molar-refractivity contribution in [3.05, 3.63) is 50.3 Å². The van der Waals surface area contributed by atoms with Crippen LogP contribution in [0.2, 0.25) is 0 Å². The number of aromatic amines is 1. The van der Waals surface area contributed by atoms with Gasteiger partial charge in [-0.15, -0.1) is 0 Å². The number of nitrogens with one attached hydrogen (secondary N) is 1. The molecule has 0 amide bonds. The molecule has 1 heterocycles. The van der Waals surface area contributed by atoms with Gasteiger partial charge >= 0.3 is 11.1 Å². The Kier molecular flexibility index (Phi) is 3.61. The van der Waals surface area contributed by atoms with E-state index >= 15 is 0 Å². The molecule has 0 atom stereocenters. The monoisotopic (exact) mass is 281 g/mol. The molecule has 2 rings (SSSR count). The van der Waals surface area contributed by atoms with Gasteiger partial charge in [-0.3, -0.25) is 24.2 Å². The van der Waals surface area contributed by atoms with Gasteiger partial charge in [0.2, 0.25) is 0 Å². The van der Waals surface area contributed by atoms with Gasteiger partial charge in [0, 0.05) is 11.9 Å². The first kappa shape index (κ1) is 13.2. The highest BCUT2D eigenvalue weighted by Crippen LogP contribution is 2.28. The number of carbonyl (C=O) groups excluding carboxylic acids is 1. The van der Waals surface area contributed by atoms with Crippen LogP contribution in [-0.4, -0.2) is 21.1 Å². The van der Waals surface area contributed by atoms with Crippen LogP contribution in [0.1, 0.15) is 10.4 Å². The number of rotatable bonds is 3. The quantitative estimate of drug-likeness (QED) is 0.657. The Morgan fingerprint density at radius 1 is 1.42 bits per heavy atom. The van der Waals surface area contributed by atoms with Gasteiger partial charge in [0.1, 0.15) is 5.82 Å². The summed E-state index contributed by atoms with van der Waals surface area (Å²) in [5.41, 5.74) is -1.90. The molecular weight excluding hydrogens is 273 g/mol. The molecule has 0 aliphatic heterocycles. The van der Waals surface area contributed by atoms with Crippen LogP contribution >= 0.6 is 11.8 Å². The molecule has 0 aliphatic rings. The normalized spacial score (nSPS) is 10.4. The van der Waals surface area contributed by atoms with Crippen LogP contribution in [0, 0.1) is 5.82 Å². The van der Waals surface area contributed by atoms with E-state index in [1.54, 1.807) is 0 Å². The number of hydrogen-bond acceptors (Lipinski definition) is 5. The molecule has 0 radical (unpaired) electrons. The highest BCUT2D eigenvalue weighted by Gasteiger charge is 2.12. The zero-order valence-corrected chi connectivity index (χ0v) is 10.5. The summed E-state index contributed by atoms with van der Waals surface area (Å²) in [7, 11) is 1.48. The van der Waals surface area contributed by atoms with Gasteiger partial charge in [-0.1, -0.05) is 6.07 Å². The molecule has 0 spiro atoms. The summed E-state index contributed by atoms with van der Waals surface area (Å²) in [5.74, 6) is -0.658. The van der Waals surface area contributed by atoms with Gasteiger partial charge in [0.15, 0.2) is 11.4 Å². The second-order valence-corrected chi connectivity index (χ2v) is 4.58. The third-order valence-electron chi connectivity index (χ3n) is 2.28. The maximum Gasteiger partial charge on any atom is 0.339 e. The van der Waals surface area contributed by atoms with Gasteiger partial charge in [-0.2, -0.15) is 4.98 Å². The van der Waals surface area contributed by atoms with Crippen molar-refractivity contribution in [3.8, 4) is 0 Å². The van der Waals surface area contributed by atoms with Gasteiger partial charge in [-0.05, 0) is 23.9 Å². The number of aryl methyl sites for hydroxylation is 1. The van der Waals surface area contributed by atoms with E-state index in [4.69, 9.17) is 0 Å². The lowest BCUT2D eigenvalue weighted by Crippen LogP contribution is -2.33. The standard InChI is InChI=1S/C11H8FN3O3S/c1-15-11(13-9(17)10(18)14-15)19-8-4-2-3-7(12)6(8)5-16/h2-5H,1H3,(H,14,18). The fourth-order valence-corrected chi connectivity index (χ4v) is 2.28. The fraction of sp³-hybridized carbons (Fsp3) is 0.0909. The number of benzene rings is 1. The average Bonchev–Trinajstić information content (AvgIpc) is 2.36. The third-order valence-corrected chi connectivity index (χ3v) is 3.40. The highest BCUT2D eigenvalue weighted by molar-refractivity contribution is 7.99. The summed E-state index contributed by atoms with van der Waals surface area (Å²) in [6, 6.07) is 4.12. The minimum absolute atomic E-state index is 0.118. The van der Waals surface area contributed by atoms with E-state index in [9.17, 15) is 18.8 Å². The Labute approximate surface area is 110 Å². The topological polar surface area (TPSA) is 84.8 Å². The number of carbonyl (C=O) groups is 1. The van der Waals surface area contributed by atoms with Crippen molar-refractivity contribution in [1.29, 1.82) is 0 Å². The molecule has 1 N–H and O–H groups in total. The van der Waals surface area contributed by atoms with Gasteiger partial charge in [-0.25, -0.2) is 4.39 Å². The maximum absolute atomic E-state index is 13.4. The number of halogens is 1. The Bertz CT molecular complexity index is 754. The maximum atomic E-state index is 13.4. The molecule has 98 valence electrons. The van der Waals surface area contributed by atoms with E-state index in [-0.39, 0.29) is 10.7 Å². The zero-order chi connectivity index (χ0) is 14.0. The summed E-state index contributed by atoms with van der Waals surface area (Å²) in [4.78, 5) is 36.9. The molecule has 6 nitrogen and oxygen atoms in total. The number of H-pyrrole nitrogens is 1. The molecule has 1 aromatic heterocycles. The second kappa shape index (κ2) is 5.19. The first-order valence-electron chi connectivity index (χ1n) is 5.12. The second-order valence-electron chi connectivity index (χ2n) is 3.57. The average molecular weight is 281 g/mol. The van der Waals surface area contributed by atoms with Crippen LogP contribution in [-0.2, 0) is 7.05 Å². The van der Waals surface area contributed by atoms with Crippen LogP contribution < -0.4 is 11.1 Å². The van der Waals surface area contributed by atoms with Crippen molar-refractivity contribution >= 4 is 18.0 Å². The fourth-order valence-electron chi connectivity index (χ4n) is 1.37. The smallest absolute Gasteiger partial charge is 0.298 e. The van der Waals surface area contributed by atoms with Crippen molar-refractivity contribution in [2.75, 3.05) is 0 Å². The van der Waals surface area contributed by atoms with E-state index in [1.165, 1.54) is 23.9 Å². The molecular formula is C11H8FN3O3S. The molecule has 1 aromatic carbocycles. The van der Waals surface area contributed by atoms with E-state index in [0.717, 1.165) is 17.8 Å². The number of aldehydes is 1. The highest BCUT2D eigenvalue weighted by atomic mass is 32.2. The molecule has 0 unspecified atom stereocenters. The van der Waals surface area contributed by atoms with Crippen molar-refractivity contribution in [2.45, 2.75) is 10.1 Å². The Morgan fingerprint density at radius 3 is 2.84 bits per heavy atom. The first-order chi connectivity index (χ1) is 9.02. The number of aromatic nitrogens is 3. The SMILES string of the molecule is Cn1[nH]c(=O)c(=O)nc1Sc1cccc(F)c1C=O. The molecule has 0 saturated heterocycles. The Morgan fingerprint density at radius 2 is 2.16 bits per heavy atom. The summed E-state index contributed by atoms with van der Waals surface area (Å²) >= 11 is 0.913. The van der Waals surface area contributed by atoms with Gasteiger partial charge < -0.3 is 0 Å². The first-order valence-corrected chi connectivity index (χ1v) is 5.93. The molecule has 0 saturated carbocycles. The summed E-state index contributed by atoms with van der Waals surface area (Å²) in [6.07, 6.45) is 0.390. The number of hydrogen-bond donors (Lipinski definition) is 1. The lowest BCUT2D eigenvalue weighted by Gasteiger charge is -2.07. The Hall–Kier alpha value is -2.22. The number of nitrogens with zero attached hydrogens (tertiary/aromatic N) is 2. The molecule has 8 heteroatoms. The predicted molar refractivity (Wildman–Crippen MR) is 66.0 cm³/mol. The lowest BCUT2D eigenvalue weighted by atomic mass is 10.2. The molecule has 19 heavy (non-hydrogen) atoms. The van der Waals surface area contributed by atoms with Crippen molar-refractivity contribution in [3.63, 3.8) is 0 Å². The van der Waals surface area contributed by atoms with E-state index in [2.05, 4.69) is 10.1 Å². The zero-order valence-electron chi connectivity index (χ0n) is 9.71. The Balaban J connectivity index is 2.50. The van der Waals surface area contributed by atoms with E-state index < -0.39 is 16.9 Å². The molecule has 0 aliphatic carbocycles. The van der Waals surface area contributed by atoms with Crippen LogP contribution in [0.5, 0.6) is 0 Å². The minimum atomic E-state index is -0.940. The molecule has 2 aromatic rings. The van der Waals surface area contributed by atoms with Gasteiger partial charge in [0.25, 0.3) is 0 Å². The van der Waals surface area contributed by atoms with E-state index in [0.29, 0.717) is 11.2 Å². The van der Waals surface area contributed by atoms with Crippen molar-refractivity contribution in [2.24, 2.45) is 7.05 Å². The van der Waals surface area contributed by atoms with Crippen LogP contribution in [0.25, 0.3) is 0 Å². The van der Waals surface area contributed by atoms with Crippen LogP contribution in [0.15, 0.2) is 37.8 Å². The lowest BCUT2D eigenvalue weighted by molar-refractivity contribution is 0.111.